The Kier molecular flexibility index (Phi) is 2.78. The van der Waals surface area contributed by atoms with E-state index in [1.165, 1.54) is 0 Å². The maximum Gasteiger partial charge on any atom is 0.213 e. The number of hydrogen-bond acceptors (Lipinski definition) is 4. The highest BCUT2D eigenvalue weighted by Gasteiger charge is 1.96. The summed E-state index contributed by atoms with van der Waals surface area (Å²) in [5.74, 6) is 0.563. The highest BCUT2D eigenvalue weighted by Crippen LogP contribution is 2.10. The van der Waals surface area contributed by atoms with Gasteiger partial charge in [-0.25, -0.2) is 4.98 Å². The van der Waals surface area contributed by atoms with Crippen molar-refractivity contribution in [1.29, 1.82) is 0 Å². The molecule has 0 aliphatic heterocycles. The van der Waals surface area contributed by atoms with Crippen LogP contribution in [0.3, 0.4) is 0 Å². The SMILES string of the molecule is Nc1ccc(OCc2cccnc2)nc1. The minimum Gasteiger partial charge on any atom is -0.473 e. The molecular formula is C11H11N3O. The van der Waals surface area contributed by atoms with Crippen molar-refractivity contribution < 1.29 is 4.74 Å². The smallest absolute Gasteiger partial charge is 0.213 e. The van der Waals surface area contributed by atoms with Crippen molar-refractivity contribution in [3.63, 3.8) is 0 Å². The molecule has 2 aromatic heterocycles. The molecule has 4 heteroatoms. The predicted molar refractivity (Wildman–Crippen MR) is 57.2 cm³/mol. The normalized spacial score (nSPS) is 9.87. The Balaban J connectivity index is 1.96. The van der Waals surface area contributed by atoms with Crippen LogP contribution in [0.25, 0.3) is 0 Å². The Morgan fingerprint density at radius 3 is 2.80 bits per heavy atom. The van der Waals surface area contributed by atoms with E-state index >= 15 is 0 Å². The van der Waals surface area contributed by atoms with Crippen LogP contribution in [0.2, 0.25) is 0 Å². The van der Waals surface area contributed by atoms with Gasteiger partial charge >= 0.3 is 0 Å². The molecule has 2 N–H and O–H groups in total. The van der Waals surface area contributed by atoms with Gasteiger partial charge in [0.25, 0.3) is 0 Å². The molecule has 76 valence electrons. The Hall–Kier alpha value is -2.10. The van der Waals surface area contributed by atoms with Crippen molar-refractivity contribution in [3.05, 3.63) is 48.4 Å². The molecule has 2 heterocycles. The molecule has 0 saturated carbocycles. The highest BCUT2D eigenvalue weighted by atomic mass is 16.5. The minimum atomic E-state index is 0.463. The van der Waals surface area contributed by atoms with E-state index < -0.39 is 0 Å². The molecule has 0 spiro atoms. The van der Waals surface area contributed by atoms with Crippen molar-refractivity contribution in [1.82, 2.24) is 9.97 Å². The van der Waals surface area contributed by atoms with E-state index in [1.54, 1.807) is 30.7 Å². The molecule has 0 aromatic carbocycles. The van der Waals surface area contributed by atoms with E-state index in [9.17, 15) is 0 Å². The zero-order chi connectivity index (χ0) is 10.5. The second-order valence-electron chi connectivity index (χ2n) is 3.08. The van der Waals surface area contributed by atoms with Crippen LogP contribution in [0.1, 0.15) is 5.56 Å². The quantitative estimate of drug-likeness (QED) is 0.820. The van der Waals surface area contributed by atoms with E-state index in [0.717, 1.165) is 5.56 Å². The number of anilines is 1. The second kappa shape index (κ2) is 4.41. The number of hydrogen-bond donors (Lipinski definition) is 1. The van der Waals surface area contributed by atoms with E-state index in [4.69, 9.17) is 10.5 Å². The van der Waals surface area contributed by atoms with Crippen LogP contribution < -0.4 is 10.5 Å². The van der Waals surface area contributed by atoms with Gasteiger partial charge < -0.3 is 10.5 Å². The molecule has 2 aromatic rings. The van der Waals surface area contributed by atoms with E-state index in [2.05, 4.69) is 9.97 Å². The van der Waals surface area contributed by atoms with E-state index in [0.29, 0.717) is 18.2 Å². The van der Waals surface area contributed by atoms with Crippen molar-refractivity contribution >= 4 is 5.69 Å². The minimum absolute atomic E-state index is 0.463. The zero-order valence-corrected chi connectivity index (χ0v) is 8.13. The fourth-order valence-corrected chi connectivity index (χ4v) is 1.12. The number of nitrogen functional groups attached to an aromatic ring is 1. The van der Waals surface area contributed by atoms with E-state index in [-0.39, 0.29) is 0 Å². The summed E-state index contributed by atoms with van der Waals surface area (Å²) in [5.41, 5.74) is 7.14. The fourth-order valence-electron chi connectivity index (χ4n) is 1.12. The third-order valence-corrected chi connectivity index (χ3v) is 1.87. The first-order valence-electron chi connectivity index (χ1n) is 4.58. The monoisotopic (exact) mass is 201 g/mol. The number of nitrogens with two attached hydrogens (primary N) is 1. The van der Waals surface area contributed by atoms with Crippen LogP contribution in [0.15, 0.2) is 42.9 Å². The molecule has 0 saturated heterocycles. The standard InChI is InChI=1S/C11H11N3O/c12-10-3-4-11(14-7-10)15-8-9-2-1-5-13-6-9/h1-7H,8,12H2. The Morgan fingerprint density at radius 1 is 1.20 bits per heavy atom. The summed E-state index contributed by atoms with van der Waals surface area (Å²) in [6.07, 6.45) is 5.06. The average molecular weight is 201 g/mol. The molecular weight excluding hydrogens is 190 g/mol. The van der Waals surface area contributed by atoms with Gasteiger partial charge in [-0.15, -0.1) is 0 Å². The number of rotatable bonds is 3. The van der Waals surface area contributed by atoms with Crippen molar-refractivity contribution in [2.24, 2.45) is 0 Å². The lowest BCUT2D eigenvalue weighted by Crippen LogP contribution is -1.97. The van der Waals surface area contributed by atoms with Crippen molar-refractivity contribution in [2.75, 3.05) is 5.73 Å². The Labute approximate surface area is 87.7 Å². The summed E-state index contributed by atoms with van der Waals surface area (Å²) >= 11 is 0. The third kappa shape index (κ3) is 2.67. The topological polar surface area (TPSA) is 61.0 Å². The average Bonchev–Trinajstić information content (AvgIpc) is 2.30. The molecule has 0 aliphatic carbocycles. The Morgan fingerprint density at radius 2 is 2.13 bits per heavy atom. The van der Waals surface area contributed by atoms with E-state index in [1.807, 2.05) is 12.1 Å². The molecule has 0 atom stereocenters. The lowest BCUT2D eigenvalue weighted by molar-refractivity contribution is 0.293. The molecule has 15 heavy (non-hydrogen) atoms. The first-order valence-corrected chi connectivity index (χ1v) is 4.58. The van der Waals surface area contributed by atoms with Gasteiger partial charge in [0.1, 0.15) is 6.61 Å². The molecule has 4 nitrogen and oxygen atoms in total. The largest absolute Gasteiger partial charge is 0.473 e. The van der Waals surface area contributed by atoms with Gasteiger partial charge in [0.05, 0.1) is 11.9 Å². The highest BCUT2D eigenvalue weighted by molar-refractivity contribution is 5.35. The summed E-state index contributed by atoms with van der Waals surface area (Å²) in [4.78, 5) is 8.02. The van der Waals surface area contributed by atoms with Gasteiger partial charge in [-0.1, -0.05) is 6.07 Å². The van der Waals surface area contributed by atoms with Crippen molar-refractivity contribution in [2.45, 2.75) is 6.61 Å². The van der Waals surface area contributed by atoms with Crippen molar-refractivity contribution in [3.8, 4) is 5.88 Å². The first-order chi connectivity index (χ1) is 7.34. The molecule has 0 fully saturated rings. The maximum absolute atomic E-state index is 5.51. The molecule has 0 aliphatic rings. The van der Waals surface area contributed by atoms with Gasteiger partial charge in [-0.3, -0.25) is 4.98 Å². The van der Waals surface area contributed by atoms with Gasteiger partial charge in [-0.2, -0.15) is 0 Å². The van der Waals surface area contributed by atoms with Gasteiger partial charge in [0.2, 0.25) is 5.88 Å². The summed E-state index contributed by atoms with van der Waals surface area (Å²) < 4.78 is 5.44. The molecule has 0 unspecified atom stereocenters. The van der Waals surface area contributed by atoms with Gasteiger partial charge in [0.15, 0.2) is 0 Å². The van der Waals surface area contributed by atoms with Gasteiger partial charge in [-0.05, 0) is 12.1 Å². The number of pyridine rings is 2. The Bertz CT molecular complexity index is 414. The van der Waals surface area contributed by atoms with Gasteiger partial charge in [0, 0.05) is 24.0 Å². The van der Waals surface area contributed by atoms with Crippen LogP contribution >= 0.6 is 0 Å². The number of nitrogens with zero attached hydrogens (tertiary/aromatic N) is 2. The lowest BCUT2D eigenvalue weighted by Gasteiger charge is -2.04. The van der Waals surface area contributed by atoms with Crippen LogP contribution in [-0.2, 0) is 6.61 Å². The molecule has 0 radical (unpaired) electrons. The second-order valence-corrected chi connectivity index (χ2v) is 3.08. The van der Waals surface area contributed by atoms with Crippen LogP contribution in [0, 0.1) is 0 Å². The third-order valence-electron chi connectivity index (χ3n) is 1.87. The molecule has 2 rings (SSSR count). The predicted octanol–water partition coefficient (Wildman–Crippen LogP) is 1.64. The number of aromatic nitrogens is 2. The van der Waals surface area contributed by atoms with Crippen LogP contribution in [-0.4, -0.2) is 9.97 Å². The summed E-state index contributed by atoms with van der Waals surface area (Å²) in [6, 6.07) is 7.32. The first kappa shape index (κ1) is 9.45. The lowest BCUT2D eigenvalue weighted by atomic mass is 10.3. The maximum atomic E-state index is 5.51. The fraction of sp³-hybridized carbons (Fsp3) is 0.0909. The molecule has 0 bridgehead atoms. The summed E-state index contributed by atoms with van der Waals surface area (Å²) in [6.45, 7) is 0.463. The van der Waals surface area contributed by atoms with Crippen LogP contribution in [0.5, 0.6) is 5.88 Å². The molecule has 0 amide bonds. The summed E-state index contributed by atoms with van der Waals surface area (Å²) in [7, 11) is 0. The number of ether oxygens (including phenoxy) is 1. The summed E-state index contributed by atoms with van der Waals surface area (Å²) in [5, 5.41) is 0. The zero-order valence-electron chi connectivity index (χ0n) is 8.13. The van der Waals surface area contributed by atoms with Crippen LogP contribution in [0.4, 0.5) is 5.69 Å².